The van der Waals surface area contributed by atoms with Crippen molar-refractivity contribution in [3.8, 4) is 17.2 Å². The molecule has 1 aliphatic heterocycles. The Morgan fingerprint density at radius 1 is 0.971 bits per heavy atom. The van der Waals surface area contributed by atoms with E-state index >= 15 is 0 Å². The second kappa shape index (κ2) is 12.8. The minimum absolute atomic E-state index is 0.00877. The molecule has 3 rings (SSSR count). The van der Waals surface area contributed by atoms with Gasteiger partial charge in [0.1, 0.15) is 0 Å². The zero-order valence-corrected chi connectivity index (χ0v) is 20.3. The van der Waals surface area contributed by atoms with Crippen LogP contribution in [-0.4, -0.2) is 55.3 Å². The second-order valence-corrected chi connectivity index (χ2v) is 8.51. The summed E-state index contributed by atoms with van der Waals surface area (Å²) in [6.45, 7) is 8.05. The van der Waals surface area contributed by atoms with Crippen LogP contribution in [0.3, 0.4) is 0 Å². The minimum Gasteiger partial charge on any atom is -0.502 e. The Morgan fingerprint density at radius 3 is 2.06 bits per heavy atom. The molecular weight excluding hydrogens is 430 g/mol. The quantitative estimate of drug-likeness (QED) is 0.283. The fourth-order valence-corrected chi connectivity index (χ4v) is 3.71. The summed E-state index contributed by atoms with van der Waals surface area (Å²) < 4.78 is 11.6. The molecule has 0 atom stereocenters. The minimum atomic E-state index is -0.0352. The Balaban J connectivity index is 1.64. The number of unbranched alkanes of at least 4 members (excludes halogenated alkanes) is 2. The van der Waals surface area contributed by atoms with Crippen molar-refractivity contribution in [2.75, 3.05) is 50.0 Å². The number of benzene rings is 2. The second-order valence-electron chi connectivity index (χ2n) is 8.51. The van der Waals surface area contributed by atoms with E-state index in [1.54, 1.807) is 24.3 Å². The molecule has 3 N–H and O–H groups in total. The summed E-state index contributed by atoms with van der Waals surface area (Å²) in [4.78, 5) is 16.9. The van der Waals surface area contributed by atoms with Crippen molar-refractivity contribution in [2.45, 2.75) is 39.5 Å². The van der Waals surface area contributed by atoms with E-state index in [-0.39, 0.29) is 11.7 Å². The van der Waals surface area contributed by atoms with Gasteiger partial charge in [-0.25, -0.2) is 0 Å². The Labute approximate surface area is 202 Å². The summed E-state index contributed by atoms with van der Waals surface area (Å²) in [6.07, 6.45) is 7.13. The van der Waals surface area contributed by atoms with Gasteiger partial charge in [0.25, 0.3) is 0 Å². The first-order chi connectivity index (χ1) is 16.5. The van der Waals surface area contributed by atoms with Gasteiger partial charge in [-0.1, -0.05) is 26.7 Å². The molecule has 1 fully saturated rings. The highest BCUT2D eigenvalue weighted by atomic mass is 16.5. The summed E-state index contributed by atoms with van der Waals surface area (Å²) in [5.74, 6) is 0.736. The smallest absolute Gasteiger partial charge is 0.246 e. The fraction of sp³-hybridized carbons (Fsp3) is 0.444. The SMILES string of the molecule is CCCCOc1cc(C=CC(=O)N2CCN(c3ccc(N)cc3)CC2)cc(OCCCC)c1O. The van der Waals surface area contributed by atoms with Gasteiger partial charge in [0.05, 0.1) is 13.2 Å². The lowest BCUT2D eigenvalue weighted by molar-refractivity contribution is -0.126. The number of carbonyl (C=O) groups excluding carboxylic acids is 1. The zero-order chi connectivity index (χ0) is 24.3. The van der Waals surface area contributed by atoms with Crippen LogP contribution in [-0.2, 0) is 4.79 Å². The number of aromatic hydroxyl groups is 1. The third-order valence-corrected chi connectivity index (χ3v) is 5.84. The monoisotopic (exact) mass is 467 g/mol. The van der Waals surface area contributed by atoms with Crippen molar-refractivity contribution in [1.29, 1.82) is 0 Å². The molecular formula is C27H37N3O4. The maximum absolute atomic E-state index is 12.8. The molecule has 0 radical (unpaired) electrons. The third kappa shape index (κ3) is 7.07. The van der Waals surface area contributed by atoms with Crippen LogP contribution in [0.25, 0.3) is 6.08 Å². The number of carbonyl (C=O) groups is 1. The van der Waals surface area contributed by atoms with Gasteiger partial charge in [0.2, 0.25) is 11.7 Å². The first-order valence-corrected chi connectivity index (χ1v) is 12.2. The van der Waals surface area contributed by atoms with Crippen LogP contribution < -0.4 is 20.1 Å². The van der Waals surface area contributed by atoms with Crippen molar-refractivity contribution < 1.29 is 19.4 Å². The predicted molar refractivity (Wildman–Crippen MR) is 138 cm³/mol. The number of amides is 1. The molecule has 1 amide bonds. The maximum atomic E-state index is 12.8. The Morgan fingerprint density at radius 2 is 1.53 bits per heavy atom. The Hall–Kier alpha value is -3.35. The molecule has 2 aromatic carbocycles. The number of piperazine rings is 1. The topological polar surface area (TPSA) is 88.3 Å². The molecule has 7 nitrogen and oxygen atoms in total. The molecule has 0 aromatic heterocycles. The molecule has 0 aliphatic carbocycles. The number of rotatable bonds is 11. The van der Waals surface area contributed by atoms with E-state index in [9.17, 15) is 9.90 Å². The lowest BCUT2D eigenvalue weighted by atomic mass is 10.1. The van der Waals surface area contributed by atoms with Crippen LogP contribution in [0, 0.1) is 0 Å². The van der Waals surface area contributed by atoms with Gasteiger partial charge in [-0.2, -0.15) is 0 Å². The largest absolute Gasteiger partial charge is 0.502 e. The molecule has 1 saturated heterocycles. The molecule has 1 heterocycles. The van der Waals surface area contributed by atoms with Gasteiger partial charge in [-0.15, -0.1) is 0 Å². The molecule has 0 unspecified atom stereocenters. The van der Waals surface area contributed by atoms with Crippen LogP contribution in [0.15, 0.2) is 42.5 Å². The van der Waals surface area contributed by atoms with Crippen LogP contribution in [0.2, 0.25) is 0 Å². The predicted octanol–water partition coefficient (Wildman–Crippen LogP) is 4.69. The average molecular weight is 468 g/mol. The molecule has 0 bridgehead atoms. The number of hydrogen-bond donors (Lipinski definition) is 2. The number of phenolic OH excluding ortho intramolecular Hbond substituents is 1. The van der Waals surface area contributed by atoms with E-state index in [1.807, 2.05) is 29.2 Å². The first-order valence-electron chi connectivity index (χ1n) is 12.2. The van der Waals surface area contributed by atoms with E-state index in [0.717, 1.165) is 55.7 Å². The van der Waals surface area contributed by atoms with E-state index in [1.165, 1.54) is 0 Å². The van der Waals surface area contributed by atoms with Crippen molar-refractivity contribution in [2.24, 2.45) is 0 Å². The van der Waals surface area contributed by atoms with E-state index in [0.29, 0.717) is 37.8 Å². The standard InChI is InChI=1S/C27H37N3O4/c1-3-5-17-33-24-19-21(20-25(27(24)32)34-18-6-4-2)7-12-26(31)30-15-13-29(14-16-30)23-10-8-22(28)9-11-23/h7-12,19-20,32H,3-6,13-18,28H2,1-2H3. The lowest BCUT2D eigenvalue weighted by Gasteiger charge is -2.35. The molecule has 34 heavy (non-hydrogen) atoms. The van der Waals surface area contributed by atoms with Crippen molar-refractivity contribution >= 4 is 23.4 Å². The number of nitrogen functional groups attached to an aromatic ring is 1. The molecule has 1 aliphatic rings. The Kier molecular flexibility index (Phi) is 9.50. The van der Waals surface area contributed by atoms with Crippen molar-refractivity contribution in [3.05, 3.63) is 48.0 Å². The summed E-state index contributed by atoms with van der Waals surface area (Å²) in [5, 5.41) is 10.6. The summed E-state index contributed by atoms with van der Waals surface area (Å²) in [6, 6.07) is 11.3. The van der Waals surface area contributed by atoms with Gasteiger partial charge in [-0.3, -0.25) is 4.79 Å². The Bertz CT molecular complexity index is 920. The number of hydrogen-bond acceptors (Lipinski definition) is 6. The molecule has 2 aromatic rings. The van der Waals surface area contributed by atoms with Gasteiger partial charge >= 0.3 is 0 Å². The first kappa shape index (κ1) is 25.3. The highest BCUT2D eigenvalue weighted by Crippen LogP contribution is 2.38. The van der Waals surface area contributed by atoms with Crippen LogP contribution >= 0.6 is 0 Å². The molecule has 0 spiro atoms. The number of nitrogens with zero attached hydrogens (tertiary/aromatic N) is 2. The molecule has 184 valence electrons. The summed E-state index contributed by atoms with van der Waals surface area (Å²) in [5.41, 5.74) is 8.40. The molecule has 0 saturated carbocycles. The normalized spacial score (nSPS) is 13.9. The summed E-state index contributed by atoms with van der Waals surface area (Å²) >= 11 is 0. The highest BCUT2D eigenvalue weighted by molar-refractivity contribution is 5.92. The van der Waals surface area contributed by atoms with Crippen molar-refractivity contribution in [3.63, 3.8) is 0 Å². The number of phenols is 1. The van der Waals surface area contributed by atoms with Crippen molar-refractivity contribution in [1.82, 2.24) is 4.90 Å². The summed E-state index contributed by atoms with van der Waals surface area (Å²) in [7, 11) is 0. The van der Waals surface area contributed by atoms with Gasteiger partial charge in [0, 0.05) is 43.6 Å². The van der Waals surface area contributed by atoms with Gasteiger partial charge < -0.3 is 30.1 Å². The number of ether oxygens (including phenoxy) is 2. The van der Waals surface area contributed by atoms with Gasteiger partial charge in [0.15, 0.2) is 11.5 Å². The third-order valence-electron chi connectivity index (χ3n) is 5.84. The molecule has 7 heteroatoms. The van der Waals surface area contributed by atoms with Crippen LogP contribution in [0.4, 0.5) is 11.4 Å². The fourth-order valence-electron chi connectivity index (χ4n) is 3.71. The van der Waals surface area contributed by atoms with E-state index < -0.39 is 0 Å². The van der Waals surface area contributed by atoms with E-state index in [4.69, 9.17) is 15.2 Å². The highest BCUT2D eigenvalue weighted by Gasteiger charge is 2.20. The van der Waals surface area contributed by atoms with Gasteiger partial charge in [-0.05, 0) is 60.9 Å². The maximum Gasteiger partial charge on any atom is 0.246 e. The zero-order valence-electron chi connectivity index (χ0n) is 20.3. The van der Waals surface area contributed by atoms with E-state index in [2.05, 4.69) is 18.7 Å². The number of nitrogens with two attached hydrogens (primary N) is 1. The average Bonchev–Trinajstić information content (AvgIpc) is 2.85. The number of anilines is 2. The van der Waals surface area contributed by atoms with Crippen LogP contribution in [0.5, 0.6) is 17.2 Å². The lowest BCUT2D eigenvalue weighted by Crippen LogP contribution is -2.48. The van der Waals surface area contributed by atoms with Crippen LogP contribution in [0.1, 0.15) is 45.1 Å².